The number of unbranched alkanes of at least 4 members (excludes halogenated alkanes) is 1. The zero-order chi connectivity index (χ0) is 68.7. The lowest BCUT2D eigenvalue weighted by Crippen LogP contribution is -2.63. The van der Waals surface area contributed by atoms with Crippen molar-refractivity contribution in [3.05, 3.63) is 29.8 Å². The van der Waals surface area contributed by atoms with Crippen LogP contribution in [0.3, 0.4) is 0 Å². The number of carboxylic acids is 1. The van der Waals surface area contributed by atoms with Gasteiger partial charge >= 0.3 is 5.97 Å². The second-order valence-electron chi connectivity index (χ2n) is 23.2. The third kappa shape index (κ3) is 29.1. The van der Waals surface area contributed by atoms with Gasteiger partial charge in [0.25, 0.3) is 0 Å². The molecule has 0 aliphatic carbocycles. The number of phenolic OH excluding ortho intramolecular Hbond substituents is 1. The fourth-order valence-corrected chi connectivity index (χ4v) is 9.76. The lowest BCUT2D eigenvalue weighted by atomic mass is 10.0. The summed E-state index contributed by atoms with van der Waals surface area (Å²) in [7, 11) is 0. The molecule has 11 atom stereocenters. The monoisotopic (exact) mass is 1290 g/mol. The average molecular weight is 1290 g/mol. The summed E-state index contributed by atoms with van der Waals surface area (Å²) in [4.78, 5) is 164. The van der Waals surface area contributed by atoms with E-state index in [4.69, 9.17) is 39.5 Å². The SMILES string of the molecule is CC(=O)N[C@@H](CC(C)C)C(=O)N[C@@H](CCCNC(=N)N)C(=O)N1CCC[C@H]1C(=O)N[C@@H](CN)C(=O)N[C@H](C(=O)N[C@@H](CC(=O)O)C(=O)N[C@@H](CCCCN)C(=O)N[C@@H](Cc1ccc(O)cc1)C(=O)N[C@@H](CCCNC(=N)N)C(=O)N[C@@H](CC(C)C)C(N)=O)[C@@H](C)O. The predicted octanol–water partition coefficient (Wildman–Crippen LogP) is -5.64. The van der Waals surface area contributed by atoms with E-state index in [1.54, 1.807) is 13.8 Å². The normalized spacial score (nSPS) is 16.1. The van der Waals surface area contributed by atoms with Crippen LogP contribution in [0.5, 0.6) is 5.75 Å². The van der Waals surface area contributed by atoms with E-state index in [-0.39, 0.29) is 120 Å². The van der Waals surface area contributed by atoms with E-state index >= 15 is 0 Å². The Labute approximate surface area is 528 Å². The van der Waals surface area contributed by atoms with Crippen LogP contribution in [-0.2, 0) is 64.0 Å². The van der Waals surface area contributed by atoms with Crippen LogP contribution in [0.15, 0.2) is 24.3 Å². The maximum absolute atomic E-state index is 14.4. The topological polar surface area (TPSA) is 579 Å². The van der Waals surface area contributed by atoms with Crippen LogP contribution in [0.25, 0.3) is 0 Å². The van der Waals surface area contributed by atoms with Gasteiger partial charge in [0.05, 0.1) is 12.5 Å². The molecule has 2 rings (SSSR count). The first-order valence-electron chi connectivity index (χ1n) is 30.3. The molecular formula is C57H97N19O15. The number of aliphatic hydroxyl groups is 1. The Hall–Kier alpha value is -8.92. The molecule has 1 aliphatic heterocycles. The van der Waals surface area contributed by atoms with E-state index in [9.17, 15) is 72.9 Å². The molecule has 0 spiro atoms. The number of primary amides is 1. The molecule has 1 aromatic carbocycles. The Kier molecular flexibility index (Phi) is 34.3. The van der Waals surface area contributed by atoms with E-state index in [0.29, 0.717) is 18.4 Å². The van der Waals surface area contributed by atoms with Gasteiger partial charge in [0.1, 0.15) is 66.2 Å². The Morgan fingerprint density at radius 2 is 1.03 bits per heavy atom. The van der Waals surface area contributed by atoms with Crippen LogP contribution in [0.4, 0.5) is 0 Å². The molecule has 0 aromatic heterocycles. The number of benzene rings is 1. The summed E-state index contributed by atoms with van der Waals surface area (Å²) in [6.45, 7) is 9.42. The van der Waals surface area contributed by atoms with Crippen molar-refractivity contribution in [3.8, 4) is 5.75 Å². The van der Waals surface area contributed by atoms with Gasteiger partial charge in [-0.05, 0) is 114 Å². The summed E-state index contributed by atoms with van der Waals surface area (Å²) in [5.41, 5.74) is 28.5. The minimum atomic E-state index is -2.01. The third-order valence-corrected chi connectivity index (χ3v) is 14.4. The van der Waals surface area contributed by atoms with Crippen LogP contribution in [0.2, 0.25) is 0 Å². The van der Waals surface area contributed by atoms with Crippen molar-refractivity contribution in [1.82, 2.24) is 63.4 Å². The van der Waals surface area contributed by atoms with Gasteiger partial charge in [-0.3, -0.25) is 68.4 Å². The highest BCUT2D eigenvalue weighted by Crippen LogP contribution is 2.21. The molecule has 1 saturated heterocycles. The van der Waals surface area contributed by atoms with E-state index < -0.39 is 150 Å². The molecule has 34 heteroatoms. The number of aromatic hydroxyl groups is 1. The molecule has 1 fully saturated rings. The average Bonchev–Trinajstić information content (AvgIpc) is 2.04. The van der Waals surface area contributed by atoms with Gasteiger partial charge in [0, 0.05) is 39.5 Å². The van der Waals surface area contributed by atoms with Gasteiger partial charge in [-0.2, -0.15) is 0 Å². The summed E-state index contributed by atoms with van der Waals surface area (Å²) in [6, 6.07) is -9.09. The van der Waals surface area contributed by atoms with E-state index in [0.717, 1.165) is 6.92 Å². The number of carbonyl (C=O) groups excluding carboxylic acids is 11. The van der Waals surface area contributed by atoms with E-state index in [1.807, 2.05) is 13.8 Å². The number of phenols is 1. The van der Waals surface area contributed by atoms with E-state index in [2.05, 4.69) is 58.5 Å². The molecule has 0 bridgehead atoms. The van der Waals surface area contributed by atoms with Gasteiger partial charge < -0.3 is 107 Å². The van der Waals surface area contributed by atoms with Crippen molar-refractivity contribution in [3.63, 3.8) is 0 Å². The van der Waals surface area contributed by atoms with Crippen molar-refractivity contribution in [2.24, 2.45) is 40.5 Å². The first kappa shape index (κ1) is 78.2. The second kappa shape index (κ2) is 40.0. The molecular weight excluding hydrogens is 1190 g/mol. The quantitative estimate of drug-likeness (QED) is 0.0165. The number of likely N-dealkylation sites (tertiary alicyclic amines) is 1. The number of carbonyl (C=O) groups is 12. The number of hydrogen-bond donors (Lipinski definition) is 21. The molecule has 26 N–H and O–H groups in total. The maximum Gasteiger partial charge on any atom is 0.305 e. The molecule has 34 nitrogen and oxygen atoms in total. The number of rotatable bonds is 41. The molecule has 0 saturated carbocycles. The van der Waals surface area contributed by atoms with Crippen molar-refractivity contribution < 1.29 is 72.9 Å². The molecule has 0 unspecified atom stereocenters. The van der Waals surface area contributed by atoms with Crippen LogP contribution in [-0.4, -0.2) is 202 Å². The minimum absolute atomic E-state index is 0.0154. The molecule has 1 aliphatic rings. The van der Waals surface area contributed by atoms with Crippen molar-refractivity contribution >= 4 is 82.9 Å². The number of nitrogens with two attached hydrogens (primary N) is 5. The Morgan fingerprint density at radius 3 is 1.53 bits per heavy atom. The van der Waals surface area contributed by atoms with Gasteiger partial charge in [0.2, 0.25) is 65.0 Å². The Bertz CT molecular complexity index is 2660. The first-order chi connectivity index (χ1) is 42.8. The van der Waals surface area contributed by atoms with Crippen LogP contribution in [0, 0.1) is 22.7 Å². The fourth-order valence-electron chi connectivity index (χ4n) is 9.76. The Balaban J connectivity index is 2.44. The zero-order valence-electron chi connectivity index (χ0n) is 52.6. The summed E-state index contributed by atoms with van der Waals surface area (Å²) < 4.78 is 0. The summed E-state index contributed by atoms with van der Waals surface area (Å²) in [5.74, 6) is -12.5. The number of guanidine groups is 2. The zero-order valence-corrected chi connectivity index (χ0v) is 52.6. The van der Waals surface area contributed by atoms with Gasteiger partial charge in [-0.25, -0.2) is 0 Å². The highest BCUT2D eigenvalue weighted by Gasteiger charge is 2.41. The van der Waals surface area contributed by atoms with Gasteiger partial charge in [-0.15, -0.1) is 0 Å². The Morgan fingerprint density at radius 1 is 0.571 bits per heavy atom. The molecule has 0 radical (unpaired) electrons. The molecule has 1 aromatic rings. The standard InChI is InChI=1S/C57H97N19O15/c1-29(2)24-38(46(60)82)71-47(83)36(13-9-21-65-56(61)62)69-50(86)40(26-33-16-18-34(79)19-17-33)72-48(84)35(12-7-8-20-58)68-51(87)41(27-44(80)81)73-54(90)45(31(5)77)75-52(88)42(28-59)74-53(89)43-15-11-23-76(43)55(91)37(14-10-22-66-57(63)64)70-49(85)39(25-30(3)4)67-32(6)78/h16-19,29-31,35-43,45,77,79H,7-15,20-28,58-59H2,1-6H3,(H2,60,82)(H,67,78)(H,68,87)(H,69,86)(H,70,85)(H,71,83)(H,72,84)(H,73,90)(H,74,89)(H,75,88)(H,80,81)(H4,61,62,65)(H4,63,64,66)/t31-,35+,36+,37+,38+,39+,40+,41+,42+,43+,45+/m1/s1. The largest absolute Gasteiger partial charge is 0.508 e. The second-order valence-corrected chi connectivity index (χ2v) is 23.2. The van der Waals surface area contributed by atoms with Gasteiger partial charge in [-0.1, -0.05) is 39.8 Å². The maximum atomic E-state index is 14.4. The van der Waals surface area contributed by atoms with E-state index in [1.165, 1.54) is 36.1 Å². The molecule has 510 valence electrons. The van der Waals surface area contributed by atoms with Crippen LogP contribution in [0.1, 0.15) is 124 Å². The van der Waals surface area contributed by atoms with Crippen LogP contribution >= 0.6 is 0 Å². The number of hydrogen-bond acceptors (Lipinski definition) is 18. The van der Waals surface area contributed by atoms with Gasteiger partial charge in [0.15, 0.2) is 11.9 Å². The smallest absolute Gasteiger partial charge is 0.305 e. The summed E-state index contributed by atoms with van der Waals surface area (Å²) in [5, 5.41) is 73.4. The lowest BCUT2D eigenvalue weighted by molar-refractivity contribution is -0.143. The lowest BCUT2D eigenvalue weighted by Gasteiger charge is -2.31. The molecule has 11 amide bonds. The molecule has 1 heterocycles. The molecule has 91 heavy (non-hydrogen) atoms. The predicted molar refractivity (Wildman–Crippen MR) is 332 cm³/mol. The number of aliphatic carboxylic acids is 1. The minimum Gasteiger partial charge on any atom is -0.508 e. The number of aliphatic hydroxyl groups excluding tert-OH is 1. The van der Waals surface area contributed by atoms with Crippen molar-refractivity contribution in [2.45, 2.75) is 192 Å². The summed E-state index contributed by atoms with van der Waals surface area (Å²) >= 11 is 0. The first-order valence-corrected chi connectivity index (χ1v) is 30.3. The number of carboxylic acid groups (broad SMARTS) is 1. The van der Waals surface area contributed by atoms with Crippen molar-refractivity contribution in [2.75, 3.05) is 32.7 Å². The number of nitrogens with one attached hydrogen (secondary N) is 13. The number of amides is 11. The van der Waals surface area contributed by atoms with Crippen LogP contribution < -0.4 is 87.2 Å². The highest BCUT2D eigenvalue weighted by atomic mass is 16.4. The third-order valence-electron chi connectivity index (χ3n) is 14.4. The fraction of sp³-hybridized carbons (Fsp3) is 0.649. The summed E-state index contributed by atoms with van der Waals surface area (Å²) in [6.07, 6.45) is -1.71. The number of nitrogens with zero attached hydrogens (tertiary/aromatic N) is 1. The van der Waals surface area contributed by atoms with Crippen molar-refractivity contribution in [1.29, 1.82) is 10.8 Å². The highest BCUT2D eigenvalue weighted by molar-refractivity contribution is 6.00.